The molecule has 0 aliphatic carbocycles. The first-order valence-electron chi connectivity index (χ1n) is 15.2. The Bertz CT molecular complexity index is 547. The highest BCUT2D eigenvalue weighted by Gasteiger charge is 2.36. The van der Waals surface area contributed by atoms with Crippen molar-refractivity contribution in [2.45, 2.75) is 56.3 Å². The van der Waals surface area contributed by atoms with E-state index in [-0.39, 0.29) is 0 Å². The fraction of sp³-hybridized carbons (Fsp3) is 1.00. The second kappa shape index (κ2) is 15.5. The highest BCUT2D eigenvalue weighted by Crippen LogP contribution is 2.28. The maximum absolute atomic E-state index is 2.56. The second-order valence-electron chi connectivity index (χ2n) is 13.1. The highest BCUT2D eigenvalue weighted by molar-refractivity contribution is 4.93. The van der Waals surface area contributed by atoms with Gasteiger partial charge in [0, 0.05) is 89.6 Å². The molecule has 6 aliphatic heterocycles. The topological polar surface area (TPSA) is 25.9 Å². The van der Waals surface area contributed by atoms with Gasteiger partial charge in [0.05, 0.1) is 0 Å². The summed E-state index contributed by atoms with van der Waals surface area (Å²) in [5, 5.41) is 0. The van der Waals surface area contributed by atoms with Crippen molar-refractivity contribution in [1.82, 2.24) is 39.2 Å². The maximum atomic E-state index is 2.56. The van der Waals surface area contributed by atoms with Crippen molar-refractivity contribution in [1.29, 1.82) is 0 Å². The molecule has 6 saturated heterocycles. The van der Waals surface area contributed by atoms with Crippen LogP contribution in [-0.2, 0) is 0 Å². The number of rotatable bonds is 0. The fourth-order valence-corrected chi connectivity index (χ4v) is 6.73. The molecular formula is C29H62N8. The smallest absolute Gasteiger partial charge is 0.0224 e. The molecule has 0 radical (unpaired) electrons. The van der Waals surface area contributed by atoms with E-state index < -0.39 is 0 Å². The van der Waals surface area contributed by atoms with Gasteiger partial charge >= 0.3 is 0 Å². The monoisotopic (exact) mass is 523 g/mol. The van der Waals surface area contributed by atoms with Crippen molar-refractivity contribution in [2.75, 3.05) is 135 Å². The predicted octanol–water partition coefficient (Wildman–Crippen LogP) is 0.907. The summed E-state index contributed by atoms with van der Waals surface area (Å²) in [6, 6.07) is 3.46. The van der Waals surface area contributed by atoms with Gasteiger partial charge in [0.2, 0.25) is 0 Å². The number of nitrogens with zero attached hydrogens (tertiary/aromatic N) is 8. The average molecular weight is 523 g/mol. The van der Waals surface area contributed by atoms with E-state index in [1.807, 2.05) is 0 Å². The Morgan fingerprint density at radius 1 is 0.324 bits per heavy atom. The minimum Gasteiger partial charge on any atom is -0.305 e. The number of piperazine rings is 3. The first-order valence-corrected chi connectivity index (χ1v) is 15.2. The van der Waals surface area contributed by atoms with Gasteiger partial charge < -0.3 is 29.4 Å². The Labute approximate surface area is 230 Å². The lowest BCUT2D eigenvalue weighted by molar-refractivity contribution is 0.107. The Kier molecular flexibility index (Phi) is 13.0. The van der Waals surface area contributed by atoms with Crippen LogP contribution in [0, 0.1) is 0 Å². The summed E-state index contributed by atoms with van der Waals surface area (Å²) < 4.78 is 0. The Morgan fingerprint density at radius 3 is 0.838 bits per heavy atom. The first kappa shape index (κ1) is 31.2. The van der Waals surface area contributed by atoms with Gasteiger partial charge in [0.25, 0.3) is 0 Å². The molecule has 0 spiro atoms. The van der Waals surface area contributed by atoms with Crippen molar-refractivity contribution in [3.8, 4) is 0 Å². The Hall–Kier alpha value is -0.320. The molecule has 6 rings (SSSR count). The maximum Gasteiger partial charge on any atom is 0.0224 e. The van der Waals surface area contributed by atoms with Crippen molar-refractivity contribution in [3.05, 3.63) is 0 Å². The third-order valence-electron chi connectivity index (χ3n) is 9.73. The highest BCUT2D eigenvalue weighted by atomic mass is 15.3. The van der Waals surface area contributed by atoms with Crippen molar-refractivity contribution in [3.63, 3.8) is 0 Å². The largest absolute Gasteiger partial charge is 0.305 e. The molecule has 0 aromatic rings. The third-order valence-corrected chi connectivity index (χ3v) is 9.73. The molecule has 0 aromatic carbocycles. The van der Waals surface area contributed by atoms with Gasteiger partial charge in [0.15, 0.2) is 0 Å². The molecular weight excluding hydrogens is 460 g/mol. The zero-order valence-electron chi connectivity index (χ0n) is 25.9. The quantitative estimate of drug-likeness (QED) is 0.463. The van der Waals surface area contributed by atoms with Crippen LogP contribution in [0.3, 0.4) is 0 Å². The fourth-order valence-electron chi connectivity index (χ4n) is 6.73. The summed E-state index contributed by atoms with van der Waals surface area (Å²) in [6.07, 6.45) is 7.01. The second-order valence-corrected chi connectivity index (χ2v) is 13.1. The SMILES string of the molecule is CN1CC2CCC(C1)N2C.CN1CC2CCC(C1)N2C.CN1CCCN(C)CC1.CN1CCN(C)CC1. The van der Waals surface area contributed by atoms with Gasteiger partial charge in [-0.25, -0.2) is 0 Å². The van der Waals surface area contributed by atoms with E-state index in [1.54, 1.807) is 0 Å². The molecule has 8 heteroatoms. The number of hydrogen-bond acceptors (Lipinski definition) is 8. The zero-order valence-corrected chi connectivity index (χ0v) is 25.9. The average Bonchev–Trinajstić information content (AvgIpc) is 3.12. The predicted molar refractivity (Wildman–Crippen MR) is 159 cm³/mol. The van der Waals surface area contributed by atoms with Gasteiger partial charge in [-0.15, -0.1) is 0 Å². The van der Waals surface area contributed by atoms with Crippen molar-refractivity contribution < 1.29 is 0 Å². The van der Waals surface area contributed by atoms with E-state index in [0.29, 0.717) is 0 Å². The van der Waals surface area contributed by atoms with E-state index in [0.717, 1.165) is 24.2 Å². The van der Waals surface area contributed by atoms with Crippen LogP contribution in [0.4, 0.5) is 0 Å². The molecule has 0 amide bonds. The van der Waals surface area contributed by atoms with E-state index in [1.165, 1.54) is 111 Å². The lowest BCUT2D eigenvalue weighted by atomic mass is 10.2. The molecule has 0 N–H and O–H groups in total. The molecule has 6 fully saturated rings. The van der Waals surface area contributed by atoms with Gasteiger partial charge in [0.1, 0.15) is 0 Å². The minimum atomic E-state index is 0.865. The van der Waals surface area contributed by atoms with E-state index in [9.17, 15) is 0 Å². The first-order chi connectivity index (χ1) is 17.6. The lowest BCUT2D eigenvalue weighted by Gasteiger charge is -2.36. The van der Waals surface area contributed by atoms with Gasteiger partial charge in [-0.3, -0.25) is 9.80 Å². The molecule has 218 valence electrons. The Morgan fingerprint density at radius 2 is 0.568 bits per heavy atom. The minimum absolute atomic E-state index is 0.865. The van der Waals surface area contributed by atoms with Crippen LogP contribution >= 0.6 is 0 Å². The van der Waals surface area contributed by atoms with Crippen molar-refractivity contribution >= 4 is 0 Å². The van der Waals surface area contributed by atoms with Crippen LogP contribution in [0.2, 0.25) is 0 Å². The van der Waals surface area contributed by atoms with Crippen LogP contribution in [-0.4, -0.2) is 198 Å². The van der Waals surface area contributed by atoms with E-state index >= 15 is 0 Å². The molecule has 8 nitrogen and oxygen atoms in total. The summed E-state index contributed by atoms with van der Waals surface area (Å²) in [6.45, 7) is 15.1. The summed E-state index contributed by atoms with van der Waals surface area (Å²) >= 11 is 0. The summed E-state index contributed by atoms with van der Waals surface area (Å²) in [5.74, 6) is 0. The summed E-state index contributed by atoms with van der Waals surface area (Å²) in [7, 11) is 17.7. The van der Waals surface area contributed by atoms with Gasteiger partial charge in [-0.1, -0.05) is 0 Å². The Balaban J connectivity index is 0.000000138. The lowest BCUT2D eigenvalue weighted by Crippen LogP contribution is -2.50. The summed E-state index contributed by atoms with van der Waals surface area (Å²) in [5.41, 5.74) is 0. The molecule has 37 heavy (non-hydrogen) atoms. The normalized spacial score (nSPS) is 35.0. The van der Waals surface area contributed by atoms with Crippen LogP contribution in [0.15, 0.2) is 0 Å². The van der Waals surface area contributed by atoms with E-state index in [4.69, 9.17) is 0 Å². The van der Waals surface area contributed by atoms with Gasteiger partial charge in [-0.05, 0) is 102 Å². The van der Waals surface area contributed by atoms with Crippen LogP contribution in [0.25, 0.3) is 0 Å². The standard InChI is InChI=1S/2C8H16N2.C7H16N2.C6H14N2/c2*1-9-5-7-3-4-8(6-9)10(7)2;1-8-4-3-5-9(2)7-6-8;1-7-3-5-8(2)6-4-7/h2*7-8H,3-6H2,1-2H3;3-7H2,1-2H3;3-6H2,1-2H3. The van der Waals surface area contributed by atoms with Crippen LogP contribution in [0.1, 0.15) is 32.1 Å². The number of likely N-dealkylation sites (N-methyl/N-ethyl adjacent to an activating group) is 8. The van der Waals surface area contributed by atoms with Crippen LogP contribution in [0.5, 0.6) is 0 Å². The van der Waals surface area contributed by atoms with Crippen LogP contribution < -0.4 is 0 Å². The third kappa shape index (κ3) is 10.3. The number of likely N-dealkylation sites (tertiary alicyclic amines) is 2. The van der Waals surface area contributed by atoms with Gasteiger partial charge in [-0.2, -0.15) is 0 Å². The molecule has 0 aromatic heterocycles. The molecule has 6 heterocycles. The summed E-state index contributed by atoms with van der Waals surface area (Å²) in [4.78, 5) is 19.5. The molecule has 0 saturated carbocycles. The van der Waals surface area contributed by atoms with E-state index in [2.05, 4.69) is 95.6 Å². The zero-order chi connectivity index (χ0) is 26.9. The number of hydrogen-bond donors (Lipinski definition) is 0. The molecule has 6 aliphatic rings. The number of fused-ring (bicyclic) bond motifs is 4. The molecule has 4 unspecified atom stereocenters. The van der Waals surface area contributed by atoms with Crippen molar-refractivity contribution in [2.24, 2.45) is 0 Å². The molecule has 4 atom stereocenters. The molecule has 4 bridgehead atoms.